The Morgan fingerprint density at radius 2 is 2.50 bits per heavy atom. The van der Waals surface area contributed by atoms with Crippen LogP contribution >= 0.6 is 0 Å². The van der Waals surface area contributed by atoms with Crippen LogP contribution in [-0.4, -0.2) is 19.2 Å². The second-order valence-electron chi connectivity index (χ2n) is 1.79. The maximum absolute atomic E-state index is 10.4. The van der Waals surface area contributed by atoms with Gasteiger partial charge in [-0.25, -0.2) is 0 Å². The molecule has 4 heteroatoms. The zero-order valence-corrected chi connectivity index (χ0v) is 6.05. The minimum Gasteiger partial charge on any atom is -0.361 e. The zero-order chi connectivity index (χ0) is 7.98. The highest BCUT2D eigenvalue weighted by Crippen LogP contribution is 1.89. The Morgan fingerprint density at radius 1 is 1.90 bits per heavy atom. The van der Waals surface area contributed by atoms with Crippen LogP contribution in [0, 0.1) is 11.3 Å². The van der Waals surface area contributed by atoms with E-state index in [-0.39, 0.29) is 12.3 Å². The standard InChI is InChI=1S/C6H10N2O2/c1-5(9)8-6(10-2)3-4-7/h6H,3H2,1-2H3,(H,8,9)/t6-/m0/s1. The van der Waals surface area contributed by atoms with Crippen molar-refractivity contribution in [2.75, 3.05) is 7.11 Å². The average molecular weight is 142 g/mol. The minimum atomic E-state index is -0.470. The fourth-order valence-electron chi connectivity index (χ4n) is 0.503. The Morgan fingerprint density at radius 3 is 2.80 bits per heavy atom. The number of hydrogen-bond acceptors (Lipinski definition) is 3. The van der Waals surface area contributed by atoms with Gasteiger partial charge in [-0.1, -0.05) is 0 Å². The van der Waals surface area contributed by atoms with E-state index >= 15 is 0 Å². The summed E-state index contributed by atoms with van der Waals surface area (Å²) >= 11 is 0. The van der Waals surface area contributed by atoms with Crippen molar-refractivity contribution in [3.63, 3.8) is 0 Å². The first-order valence-corrected chi connectivity index (χ1v) is 2.87. The summed E-state index contributed by atoms with van der Waals surface area (Å²) in [5, 5.41) is 10.6. The van der Waals surface area contributed by atoms with E-state index in [1.54, 1.807) is 0 Å². The summed E-state index contributed by atoms with van der Waals surface area (Å²) in [6, 6.07) is 1.88. The van der Waals surface area contributed by atoms with Crippen LogP contribution in [0.15, 0.2) is 0 Å². The van der Waals surface area contributed by atoms with Gasteiger partial charge in [-0.15, -0.1) is 0 Å². The summed E-state index contributed by atoms with van der Waals surface area (Å²) in [4.78, 5) is 10.4. The van der Waals surface area contributed by atoms with Crippen molar-refractivity contribution in [3.8, 4) is 6.07 Å². The van der Waals surface area contributed by atoms with Crippen molar-refractivity contribution in [1.29, 1.82) is 5.26 Å². The molecule has 0 rings (SSSR count). The molecule has 0 radical (unpaired) electrons. The molecule has 0 spiro atoms. The van der Waals surface area contributed by atoms with Crippen LogP contribution in [0.1, 0.15) is 13.3 Å². The monoisotopic (exact) mass is 142 g/mol. The van der Waals surface area contributed by atoms with Gasteiger partial charge < -0.3 is 10.1 Å². The van der Waals surface area contributed by atoms with E-state index in [0.717, 1.165) is 0 Å². The first-order valence-electron chi connectivity index (χ1n) is 2.87. The molecule has 56 valence electrons. The first-order chi connectivity index (χ1) is 4.70. The third-order valence-corrected chi connectivity index (χ3v) is 0.925. The van der Waals surface area contributed by atoms with Crippen LogP contribution < -0.4 is 5.32 Å². The van der Waals surface area contributed by atoms with Gasteiger partial charge in [0.25, 0.3) is 0 Å². The summed E-state index contributed by atoms with van der Waals surface area (Å²) in [6.45, 7) is 1.38. The minimum absolute atomic E-state index is 0.177. The lowest BCUT2D eigenvalue weighted by Crippen LogP contribution is -2.33. The number of carbonyl (C=O) groups excluding carboxylic acids is 1. The summed E-state index contributed by atoms with van der Waals surface area (Å²) in [6.07, 6.45) is -0.293. The third-order valence-electron chi connectivity index (χ3n) is 0.925. The van der Waals surface area contributed by atoms with Gasteiger partial charge in [0.05, 0.1) is 12.5 Å². The molecule has 0 aliphatic heterocycles. The molecule has 0 aliphatic carbocycles. The van der Waals surface area contributed by atoms with Crippen LogP contribution in [0.3, 0.4) is 0 Å². The zero-order valence-electron chi connectivity index (χ0n) is 6.05. The van der Waals surface area contributed by atoms with E-state index in [9.17, 15) is 4.79 Å². The fourth-order valence-corrected chi connectivity index (χ4v) is 0.503. The highest BCUT2D eigenvalue weighted by Gasteiger charge is 2.05. The molecule has 0 saturated heterocycles. The molecule has 0 bridgehead atoms. The second-order valence-corrected chi connectivity index (χ2v) is 1.79. The number of nitrogens with zero attached hydrogens (tertiary/aromatic N) is 1. The Bertz CT molecular complexity index is 150. The van der Waals surface area contributed by atoms with Crippen molar-refractivity contribution in [2.45, 2.75) is 19.6 Å². The van der Waals surface area contributed by atoms with Gasteiger partial charge in [0, 0.05) is 14.0 Å². The molecule has 0 saturated carbocycles. The Balaban J connectivity index is 3.62. The first kappa shape index (κ1) is 8.92. The third kappa shape index (κ3) is 3.87. The van der Waals surface area contributed by atoms with Crippen molar-refractivity contribution < 1.29 is 9.53 Å². The van der Waals surface area contributed by atoms with Gasteiger partial charge in [-0.2, -0.15) is 5.26 Å². The van der Waals surface area contributed by atoms with Gasteiger partial charge in [0.2, 0.25) is 5.91 Å². The highest BCUT2D eigenvalue weighted by atomic mass is 16.5. The van der Waals surface area contributed by atoms with Crippen LogP contribution in [0.2, 0.25) is 0 Å². The number of carbonyl (C=O) groups is 1. The average Bonchev–Trinajstić information content (AvgIpc) is 1.86. The maximum Gasteiger partial charge on any atom is 0.218 e. The lowest BCUT2D eigenvalue weighted by Gasteiger charge is -2.11. The van der Waals surface area contributed by atoms with E-state index in [4.69, 9.17) is 10.00 Å². The Labute approximate surface area is 59.8 Å². The molecule has 1 atom stereocenters. The SMILES string of the molecule is CO[C@@H](CC#N)NC(C)=O. The summed E-state index contributed by atoms with van der Waals surface area (Å²) in [5.74, 6) is -0.192. The molecule has 0 heterocycles. The molecule has 0 aromatic rings. The van der Waals surface area contributed by atoms with Crippen LogP contribution in [0.4, 0.5) is 0 Å². The summed E-state index contributed by atoms with van der Waals surface area (Å²) in [7, 11) is 1.44. The number of amides is 1. The van der Waals surface area contributed by atoms with Gasteiger partial charge in [-0.05, 0) is 0 Å². The van der Waals surface area contributed by atoms with Crippen molar-refractivity contribution in [2.24, 2.45) is 0 Å². The number of ether oxygens (including phenoxy) is 1. The van der Waals surface area contributed by atoms with E-state index in [2.05, 4.69) is 5.32 Å². The molecule has 4 nitrogen and oxygen atoms in total. The van der Waals surface area contributed by atoms with Gasteiger partial charge >= 0.3 is 0 Å². The van der Waals surface area contributed by atoms with Gasteiger partial charge in [-0.3, -0.25) is 4.79 Å². The Hall–Kier alpha value is -1.08. The van der Waals surface area contributed by atoms with E-state index in [1.807, 2.05) is 6.07 Å². The van der Waals surface area contributed by atoms with Crippen LogP contribution in [0.5, 0.6) is 0 Å². The maximum atomic E-state index is 10.4. The van der Waals surface area contributed by atoms with E-state index in [0.29, 0.717) is 0 Å². The van der Waals surface area contributed by atoms with Crippen LogP contribution in [0.25, 0.3) is 0 Å². The normalized spacial score (nSPS) is 11.7. The molecular weight excluding hydrogens is 132 g/mol. The molecule has 0 fully saturated rings. The number of nitrogens with one attached hydrogen (secondary N) is 1. The second kappa shape index (κ2) is 4.77. The molecule has 1 amide bonds. The number of methoxy groups -OCH3 is 1. The molecule has 0 aliphatic rings. The quantitative estimate of drug-likeness (QED) is 0.564. The molecule has 1 N–H and O–H groups in total. The molecule has 0 aromatic heterocycles. The van der Waals surface area contributed by atoms with Crippen molar-refractivity contribution >= 4 is 5.91 Å². The molecular formula is C6H10N2O2. The molecule has 0 aromatic carbocycles. The van der Waals surface area contributed by atoms with Gasteiger partial charge in [0.15, 0.2) is 0 Å². The number of rotatable bonds is 3. The lowest BCUT2D eigenvalue weighted by atomic mass is 10.4. The predicted molar refractivity (Wildman–Crippen MR) is 34.8 cm³/mol. The highest BCUT2D eigenvalue weighted by molar-refractivity contribution is 5.73. The summed E-state index contributed by atoms with van der Waals surface area (Å²) in [5.41, 5.74) is 0. The summed E-state index contributed by atoms with van der Waals surface area (Å²) < 4.78 is 4.75. The van der Waals surface area contributed by atoms with Crippen molar-refractivity contribution in [3.05, 3.63) is 0 Å². The fraction of sp³-hybridized carbons (Fsp3) is 0.667. The molecule has 10 heavy (non-hydrogen) atoms. The number of hydrogen-bond donors (Lipinski definition) is 1. The largest absolute Gasteiger partial charge is 0.361 e. The lowest BCUT2D eigenvalue weighted by molar-refractivity contribution is -0.122. The van der Waals surface area contributed by atoms with Gasteiger partial charge in [0.1, 0.15) is 6.23 Å². The Kier molecular flexibility index (Phi) is 4.25. The topological polar surface area (TPSA) is 62.1 Å². The predicted octanol–water partition coefficient (Wildman–Crippen LogP) is 0.00868. The van der Waals surface area contributed by atoms with E-state index in [1.165, 1.54) is 14.0 Å². The van der Waals surface area contributed by atoms with Crippen LogP contribution in [-0.2, 0) is 9.53 Å². The smallest absolute Gasteiger partial charge is 0.218 e. The molecule has 0 unspecified atom stereocenters. The van der Waals surface area contributed by atoms with E-state index < -0.39 is 6.23 Å². The number of nitriles is 1. The van der Waals surface area contributed by atoms with Crippen molar-refractivity contribution in [1.82, 2.24) is 5.32 Å².